The molecule has 0 N–H and O–H groups in total. The Kier molecular flexibility index (Phi) is 9.17. The van der Waals surface area contributed by atoms with E-state index in [1.807, 2.05) is 115 Å². The van der Waals surface area contributed by atoms with Gasteiger partial charge in [-0.3, -0.25) is 4.79 Å². The van der Waals surface area contributed by atoms with E-state index in [1.54, 1.807) is 7.11 Å². The molecule has 4 aromatic rings. The van der Waals surface area contributed by atoms with Crippen molar-refractivity contribution in [2.75, 3.05) is 7.11 Å². The third-order valence-electron chi connectivity index (χ3n) is 7.12. The molecule has 1 saturated carbocycles. The second kappa shape index (κ2) is 13.3. The fourth-order valence-corrected chi connectivity index (χ4v) is 5.09. The van der Waals surface area contributed by atoms with Gasteiger partial charge in [-0.1, -0.05) is 103 Å². The van der Waals surface area contributed by atoms with Crippen molar-refractivity contribution < 1.29 is 23.7 Å². The highest BCUT2D eigenvalue weighted by molar-refractivity contribution is 5.86. The van der Waals surface area contributed by atoms with Crippen molar-refractivity contribution in [3.05, 3.63) is 138 Å². The van der Waals surface area contributed by atoms with Gasteiger partial charge in [0.1, 0.15) is 18.0 Å². The average Bonchev–Trinajstić information content (AvgIpc) is 3.00. The molecule has 200 valence electrons. The first kappa shape index (κ1) is 26.8. The van der Waals surface area contributed by atoms with Crippen molar-refractivity contribution in [1.82, 2.24) is 0 Å². The molecule has 0 aromatic heterocycles. The van der Waals surface area contributed by atoms with Crippen LogP contribution in [0.2, 0.25) is 0 Å². The van der Waals surface area contributed by atoms with Crippen LogP contribution in [0.1, 0.15) is 34.6 Å². The van der Waals surface area contributed by atoms with Gasteiger partial charge in [0.15, 0.2) is 5.78 Å². The molecule has 4 atom stereocenters. The Morgan fingerprint density at radius 2 is 1.13 bits per heavy atom. The molecule has 1 fully saturated rings. The van der Waals surface area contributed by atoms with Crippen LogP contribution in [-0.2, 0) is 38.8 Å². The molecule has 0 spiro atoms. The van der Waals surface area contributed by atoms with Crippen LogP contribution < -0.4 is 4.74 Å². The lowest BCUT2D eigenvalue weighted by molar-refractivity contribution is -0.183. The molecule has 0 unspecified atom stereocenters. The quantitative estimate of drug-likeness (QED) is 0.225. The summed E-state index contributed by atoms with van der Waals surface area (Å²) in [6.45, 7) is 1.06. The number of rotatable bonds is 11. The summed E-state index contributed by atoms with van der Waals surface area (Å²) < 4.78 is 25.0. The van der Waals surface area contributed by atoms with E-state index in [9.17, 15) is 4.79 Å². The molecule has 5 nitrogen and oxygen atoms in total. The number of hydrogen-bond acceptors (Lipinski definition) is 5. The van der Waals surface area contributed by atoms with Gasteiger partial charge in [0.05, 0.1) is 33.0 Å². The predicted molar refractivity (Wildman–Crippen MR) is 150 cm³/mol. The number of carbonyl (C=O) groups excluding carboxylic acids is 1. The van der Waals surface area contributed by atoms with Crippen molar-refractivity contribution in [2.24, 2.45) is 0 Å². The maximum atomic E-state index is 13.7. The SMILES string of the molecule is COc1cccc([C@@H]2CC(=O)[C@@H](OCc3ccccc3)[C@H](OCc3ccccc3)[C@H]2OCc2ccccc2)c1. The van der Waals surface area contributed by atoms with Crippen LogP contribution in [0.25, 0.3) is 0 Å². The maximum absolute atomic E-state index is 13.7. The van der Waals surface area contributed by atoms with Gasteiger partial charge in [0.25, 0.3) is 0 Å². The first-order chi connectivity index (χ1) is 19.2. The number of Topliss-reactive ketones (excluding diaryl/α,β-unsaturated/α-hetero) is 1. The van der Waals surface area contributed by atoms with E-state index >= 15 is 0 Å². The van der Waals surface area contributed by atoms with Gasteiger partial charge in [-0.25, -0.2) is 0 Å². The Bertz CT molecular complexity index is 1310. The van der Waals surface area contributed by atoms with E-state index in [4.69, 9.17) is 18.9 Å². The molecule has 0 saturated heterocycles. The highest BCUT2D eigenvalue weighted by Crippen LogP contribution is 2.38. The summed E-state index contributed by atoms with van der Waals surface area (Å²) in [5, 5.41) is 0. The molecule has 4 aromatic carbocycles. The lowest BCUT2D eigenvalue weighted by Gasteiger charge is -2.41. The highest BCUT2D eigenvalue weighted by Gasteiger charge is 2.47. The first-order valence-corrected chi connectivity index (χ1v) is 13.3. The molecule has 1 aliphatic rings. The number of ether oxygens (including phenoxy) is 4. The summed E-state index contributed by atoms with van der Waals surface area (Å²) >= 11 is 0. The number of carbonyl (C=O) groups is 1. The number of ketones is 1. The summed E-state index contributed by atoms with van der Waals surface area (Å²) in [5.41, 5.74) is 4.07. The second-order valence-electron chi connectivity index (χ2n) is 9.79. The highest BCUT2D eigenvalue weighted by atomic mass is 16.6. The normalized spacial score (nSPS) is 21.0. The topological polar surface area (TPSA) is 54.0 Å². The third-order valence-corrected chi connectivity index (χ3v) is 7.12. The van der Waals surface area contributed by atoms with Gasteiger partial charge in [0.2, 0.25) is 0 Å². The smallest absolute Gasteiger partial charge is 0.165 e. The maximum Gasteiger partial charge on any atom is 0.165 e. The predicted octanol–water partition coefficient (Wildman–Crippen LogP) is 6.51. The molecule has 5 heteroatoms. The van der Waals surface area contributed by atoms with Gasteiger partial charge in [-0.15, -0.1) is 0 Å². The summed E-state index contributed by atoms with van der Waals surface area (Å²) in [7, 11) is 1.65. The minimum atomic E-state index is -0.753. The summed E-state index contributed by atoms with van der Waals surface area (Å²) in [6, 6.07) is 37.8. The zero-order chi connectivity index (χ0) is 26.9. The average molecular weight is 523 g/mol. The Morgan fingerprint density at radius 3 is 1.67 bits per heavy atom. The summed E-state index contributed by atoms with van der Waals surface area (Å²) in [6.07, 6.45) is -1.48. The minimum Gasteiger partial charge on any atom is -0.497 e. The lowest BCUT2D eigenvalue weighted by Crippen LogP contribution is -2.54. The van der Waals surface area contributed by atoms with Crippen LogP contribution in [0.15, 0.2) is 115 Å². The molecule has 0 bridgehead atoms. The Balaban J connectivity index is 1.47. The third kappa shape index (κ3) is 7.01. The van der Waals surface area contributed by atoms with Crippen LogP contribution in [-0.4, -0.2) is 31.2 Å². The standard InChI is InChI=1S/C34H34O5/c1-36-29-19-11-18-28(20-29)30-21-31(35)33(38-23-26-14-7-3-8-15-26)34(39-24-27-16-9-4-10-17-27)32(30)37-22-25-12-5-2-6-13-25/h2-20,30,32-34H,21-24H2,1H3/t30-,32-,33+,34+/m0/s1. The van der Waals surface area contributed by atoms with E-state index in [0.29, 0.717) is 19.8 Å². The van der Waals surface area contributed by atoms with Crippen LogP contribution in [0, 0.1) is 0 Å². The van der Waals surface area contributed by atoms with Gasteiger partial charge in [-0.2, -0.15) is 0 Å². The number of benzene rings is 4. The molecular formula is C34H34O5. The van der Waals surface area contributed by atoms with Gasteiger partial charge in [-0.05, 0) is 34.4 Å². The zero-order valence-electron chi connectivity index (χ0n) is 22.1. The van der Waals surface area contributed by atoms with Gasteiger partial charge < -0.3 is 18.9 Å². The first-order valence-electron chi connectivity index (χ1n) is 13.3. The largest absolute Gasteiger partial charge is 0.497 e. The Morgan fingerprint density at radius 1 is 0.615 bits per heavy atom. The molecule has 0 radical (unpaired) electrons. The van der Waals surface area contributed by atoms with E-state index in [-0.39, 0.29) is 18.1 Å². The van der Waals surface area contributed by atoms with Crippen LogP contribution in [0.3, 0.4) is 0 Å². The molecule has 39 heavy (non-hydrogen) atoms. The molecule has 0 aliphatic heterocycles. The van der Waals surface area contributed by atoms with E-state index < -0.39 is 18.3 Å². The van der Waals surface area contributed by atoms with Crippen LogP contribution >= 0.6 is 0 Å². The van der Waals surface area contributed by atoms with E-state index in [0.717, 1.165) is 28.0 Å². The number of hydrogen-bond donors (Lipinski definition) is 0. The summed E-state index contributed by atoms with van der Waals surface area (Å²) in [4.78, 5) is 13.7. The molecule has 1 aliphatic carbocycles. The monoisotopic (exact) mass is 522 g/mol. The second-order valence-corrected chi connectivity index (χ2v) is 9.79. The van der Waals surface area contributed by atoms with E-state index in [2.05, 4.69) is 0 Å². The van der Waals surface area contributed by atoms with Crippen LogP contribution in [0.4, 0.5) is 0 Å². The van der Waals surface area contributed by atoms with Crippen LogP contribution in [0.5, 0.6) is 5.75 Å². The van der Waals surface area contributed by atoms with Crippen molar-refractivity contribution >= 4 is 5.78 Å². The van der Waals surface area contributed by atoms with Crippen molar-refractivity contribution in [2.45, 2.75) is 50.5 Å². The Hall–Kier alpha value is -3.77. The van der Waals surface area contributed by atoms with Gasteiger partial charge in [0, 0.05) is 12.3 Å². The number of methoxy groups -OCH3 is 1. The minimum absolute atomic E-state index is 0.0105. The Labute approximate surface area is 230 Å². The molecule has 0 amide bonds. The summed E-state index contributed by atoms with van der Waals surface area (Å²) in [5.74, 6) is 0.538. The fraction of sp³-hybridized carbons (Fsp3) is 0.265. The fourth-order valence-electron chi connectivity index (χ4n) is 5.09. The van der Waals surface area contributed by atoms with Gasteiger partial charge >= 0.3 is 0 Å². The zero-order valence-corrected chi connectivity index (χ0v) is 22.1. The molecule has 0 heterocycles. The van der Waals surface area contributed by atoms with E-state index in [1.165, 1.54) is 0 Å². The van der Waals surface area contributed by atoms with Crippen molar-refractivity contribution in [3.8, 4) is 5.75 Å². The lowest BCUT2D eigenvalue weighted by atomic mass is 9.77. The van der Waals surface area contributed by atoms with Crippen molar-refractivity contribution in [1.29, 1.82) is 0 Å². The molecule has 5 rings (SSSR count). The molecular weight excluding hydrogens is 488 g/mol. The van der Waals surface area contributed by atoms with Crippen molar-refractivity contribution in [3.63, 3.8) is 0 Å².